The molecule has 0 spiro atoms. The molecule has 2 aromatic rings. The molecule has 0 unspecified atom stereocenters. The molecular weight excluding hydrogens is 465 g/mol. The fraction of sp³-hybridized carbons (Fsp3) is 0.550. The molecule has 7 nitrogen and oxygen atoms in total. The zero-order valence-electron chi connectivity index (χ0n) is 17.4. The fourth-order valence-electron chi connectivity index (χ4n) is 3.35. The number of guanidine groups is 1. The number of aliphatic imine (C=N–C) groups is 1. The van der Waals surface area contributed by atoms with E-state index in [9.17, 15) is 0 Å². The number of aryl methyl sites for hydroxylation is 2. The van der Waals surface area contributed by atoms with Crippen molar-refractivity contribution in [1.29, 1.82) is 0 Å². The summed E-state index contributed by atoms with van der Waals surface area (Å²) in [6.45, 7) is 12.7. The number of benzene rings is 1. The molecule has 1 aromatic heterocycles. The van der Waals surface area contributed by atoms with E-state index in [1.807, 2.05) is 18.5 Å². The SMILES string of the molecule is CCNC(=NCc1nnc(C)n1C)N1CCN(Cc2cccc(C)c2)CC1.I. The third-order valence-corrected chi connectivity index (χ3v) is 5.05. The third kappa shape index (κ3) is 5.91. The average Bonchev–Trinajstić information content (AvgIpc) is 2.98. The molecule has 1 aliphatic rings. The Morgan fingerprint density at radius 3 is 2.50 bits per heavy atom. The lowest BCUT2D eigenvalue weighted by molar-refractivity contribution is 0.172. The van der Waals surface area contributed by atoms with Gasteiger partial charge in [-0.2, -0.15) is 0 Å². The average molecular weight is 497 g/mol. The van der Waals surface area contributed by atoms with Gasteiger partial charge >= 0.3 is 0 Å². The summed E-state index contributed by atoms with van der Waals surface area (Å²) in [5.41, 5.74) is 2.72. The summed E-state index contributed by atoms with van der Waals surface area (Å²) >= 11 is 0. The van der Waals surface area contributed by atoms with Crippen LogP contribution in [0.2, 0.25) is 0 Å². The molecule has 0 atom stereocenters. The topological polar surface area (TPSA) is 61.6 Å². The summed E-state index contributed by atoms with van der Waals surface area (Å²) < 4.78 is 1.99. The summed E-state index contributed by atoms with van der Waals surface area (Å²) in [6.07, 6.45) is 0. The van der Waals surface area contributed by atoms with E-state index in [4.69, 9.17) is 4.99 Å². The van der Waals surface area contributed by atoms with Crippen molar-refractivity contribution in [3.63, 3.8) is 0 Å². The fourth-order valence-corrected chi connectivity index (χ4v) is 3.35. The van der Waals surface area contributed by atoms with E-state index < -0.39 is 0 Å². The van der Waals surface area contributed by atoms with Crippen LogP contribution in [0.25, 0.3) is 0 Å². The van der Waals surface area contributed by atoms with Gasteiger partial charge in [-0.15, -0.1) is 34.2 Å². The number of piperazine rings is 1. The van der Waals surface area contributed by atoms with E-state index in [1.54, 1.807) is 0 Å². The molecule has 0 saturated carbocycles. The van der Waals surface area contributed by atoms with Gasteiger partial charge in [0.15, 0.2) is 11.8 Å². The predicted octanol–water partition coefficient (Wildman–Crippen LogP) is 2.33. The number of halogens is 1. The first kappa shape index (κ1) is 22.6. The highest BCUT2D eigenvalue weighted by Gasteiger charge is 2.20. The lowest BCUT2D eigenvalue weighted by Gasteiger charge is -2.36. The van der Waals surface area contributed by atoms with Crippen LogP contribution >= 0.6 is 24.0 Å². The van der Waals surface area contributed by atoms with Crippen LogP contribution in [0.15, 0.2) is 29.3 Å². The largest absolute Gasteiger partial charge is 0.357 e. The minimum Gasteiger partial charge on any atom is -0.357 e. The Hall–Kier alpha value is -1.68. The Bertz CT molecular complexity index is 779. The number of rotatable bonds is 5. The van der Waals surface area contributed by atoms with Crippen LogP contribution in [0.1, 0.15) is 29.7 Å². The normalized spacial score (nSPS) is 15.4. The Morgan fingerprint density at radius 2 is 1.89 bits per heavy atom. The van der Waals surface area contributed by atoms with Crippen molar-refractivity contribution in [2.45, 2.75) is 33.9 Å². The molecule has 3 rings (SSSR count). The van der Waals surface area contributed by atoms with Gasteiger partial charge in [-0.1, -0.05) is 29.8 Å². The number of hydrogen-bond donors (Lipinski definition) is 1. The van der Waals surface area contributed by atoms with E-state index in [2.05, 4.69) is 63.4 Å². The first-order chi connectivity index (χ1) is 13.1. The van der Waals surface area contributed by atoms with Crippen LogP contribution < -0.4 is 5.32 Å². The second-order valence-corrected chi connectivity index (χ2v) is 7.14. The number of nitrogens with one attached hydrogen (secondary N) is 1. The molecule has 8 heteroatoms. The van der Waals surface area contributed by atoms with Gasteiger partial charge in [0.1, 0.15) is 12.4 Å². The maximum atomic E-state index is 4.79. The van der Waals surface area contributed by atoms with Crippen LogP contribution in [0, 0.1) is 13.8 Å². The number of aromatic nitrogens is 3. The molecule has 1 N–H and O–H groups in total. The van der Waals surface area contributed by atoms with Gasteiger partial charge in [0.2, 0.25) is 0 Å². The Kier molecular flexibility index (Phi) is 8.68. The van der Waals surface area contributed by atoms with Crippen molar-refractivity contribution in [1.82, 2.24) is 29.9 Å². The highest BCUT2D eigenvalue weighted by molar-refractivity contribution is 14.0. The van der Waals surface area contributed by atoms with Crippen molar-refractivity contribution in [2.24, 2.45) is 12.0 Å². The highest BCUT2D eigenvalue weighted by Crippen LogP contribution is 2.11. The van der Waals surface area contributed by atoms with Gasteiger partial charge in [0.05, 0.1) is 0 Å². The van der Waals surface area contributed by atoms with Gasteiger partial charge < -0.3 is 14.8 Å². The number of hydrogen-bond acceptors (Lipinski definition) is 4. The van der Waals surface area contributed by atoms with Crippen LogP contribution in [0.3, 0.4) is 0 Å². The maximum Gasteiger partial charge on any atom is 0.194 e. The zero-order valence-corrected chi connectivity index (χ0v) is 19.7. The molecule has 0 bridgehead atoms. The molecule has 1 saturated heterocycles. The molecule has 28 heavy (non-hydrogen) atoms. The summed E-state index contributed by atoms with van der Waals surface area (Å²) in [7, 11) is 1.98. The molecule has 1 aromatic carbocycles. The monoisotopic (exact) mass is 497 g/mol. The summed E-state index contributed by atoms with van der Waals surface area (Å²) in [5, 5.41) is 11.7. The molecule has 2 heterocycles. The Balaban J connectivity index is 0.00000280. The van der Waals surface area contributed by atoms with Crippen molar-refractivity contribution in [3.8, 4) is 0 Å². The molecule has 1 fully saturated rings. The van der Waals surface area contributed by atoms with Crippen molar-refractivity contribution < 1.29 is 0 Å². The predicted molar refractivity (Wildman–Crippen MR) is 124 cm³/mol. The Morgan fingerprint density at radius 1 is 1.14 bits per heavy atom. The molecule has 1 aliphatic heterocycles. The van der Waals surface area contributed by atoms with Crippen molar-refractivity contribution in [2.75, 3.05) is 32.7 Å². The minimum absolute atomic E-state index is 0. The van der Waals surface area contributed by atoms with Gasteiger partial charge in [-0.25, -0.2) is 4.99 Å². The van der Waals surface area contributed by atoms with Gasteiger partial charge in [0, 0.05) is 46.3 Å². The first-order valence-electron chi connectivity index (χ1n) is 9.73. The van der Waals surface area contributed by atoms with E-state index in [0.29, 0.717) is 6.54 Å². The quantitative estimate of drug-likeness (QED) is 0.391. The number of nitrogens with zero attached hydrogens (tertiary/aromatic N) is 6. The highest BCUT2D eigenvalue weighted by atomic mass is 127. The molecule has 0 radical (unpaired) electrons. The lowest BCUT2D eigenvalue weighted by atomic mass is 10.1. The summed E-state index contributed by atoms with van der Waals surface area (Å²) in [6, 6.07) is 8.79. The second kappa shape index (κ2) is 10.8. The van der Waals surface area contributed by atoms with E-state index in [1.165, 1.54) is 11.1 Å². The van der Waals surface area contributed by atoms with E-state index >= 15 is 0 Å². The van der Waals surface area contributed by atoms with E-state index in [0.717, 1.165) is 56.9 Å². The zero-order chi connectivity index (χ0) is 19.2. The molecule has 154 valence electrons. The molecule has 0 amide bonds. The lowest BCUT2D eigenvalue weighted by Crippen LogP contribution is -2.52. The van der Waals surface area contributed by atoms with Crippen LogP contribution in [-0.4, -0.2) is 63.2 Å². The van der Waals surface area contributed by atoms with Gasteiger partial charge in [-0.3, -0.25) is 4.90 Å². The van der Waals surface area contributed by atoms with Crippen LogP contribution in [0.5, 0.6) is 0 Å². The van der Waals surface area contributed by atoms with Crippen LogP contribution in [0.4, 0.5) is 0 Å². The van der Waals surface area contributed by atoms with Crippen molar-refractivity contribution >= 4 is 29.9 Å². The van der Waals surface area contributed by atoms with Crippen LogP contribution in [-0.2, 0) is 20.1 Å². The third-order valence-electron chi connectivity index (χ3n) is 5.05. The molecular formula is C20H32IN7. The minimum atomic E-state index is 0. The summed E-state index contributed by atoms with van der Waals surface area (Å²) in [5.74, 6) is 2.77. The van der Waals surface area contributed by atoms with Crippen molar-refractivity contribution in [3.05, 3.63) is 47.0 Å². The standard InChI is InChI=1S/C20H31N7.HI/c1-5-21-20(22-14-19-24-23-17(3)25(19)4)27-11-9-26(10-12-27)15-18-8-6-7-16(2)13-18;/h6-8,13H,5,9-12,14-15H2,1-4H3,(H,21,22);1H. The Labute approximate surface area is 185 Å². The second-order valence-electron chi connectivity index (χ2n) is 7.14. The smallest absolute Gasteiger partial charge is 0.194 e. The first-order valence-corrected chi connectivity index (χ1v) is 9.73. The van der Waals surface area contributed by atoms with Gasteiger partial charge in [-0.05, 0) is 26.3 Å². The van der Waals surface area contributed by atoms with E-state index in [-0.39, 0.29) is 24.0 Å². The summed E-state index contributed by atoms with van der Waals surface area (Å²) in [4.78, 5) is 9.65. The molecule has 0 aliphatic carbocycles. The van der Waals surface area contributed by atoms with Gasteiger partial charge in [0.25, 0.3) is 0 Å². The maximum absolute atomic E-state index is 4.79.